The molecule has 1 unspecified atom stereocenters. The Labute approximate surface area is 112 Å². The summed E-state index contributed by atoms with van der Waals surface area (Å²) in [6, 6.07) is 6.59. The van der Waals surface area contributed by atoms with E-state index in [0.29, 0.717) is 11.8 Å². The van der Waals surface area contributed by atoms with Crippen molar-refractivity contribution in [2.45, 2.75) is 40.5 Å². The van der Waals surface area contributed by atoms with Gasteiger partial charge in [-0.2, -0.15) is 0 Å². The maximum Gasteiger partial charge on any atom is 0.0405 e. The van der Waals surface area contributed by atoms with Gasteiger partial charge in [-0.25, -0.2) is 0 Å². The molecule has 2 heteroatoms. The fourth-order valence-corrected chi connectivity index (χ4v) is 2.29. The summed E-state index contributed by atoms with van der Waals surface area (Å²) >= 11 is 0. The average Bonchev–Trinajstić information content (AvgIpc) is 2.38. The zero-order valence-electron chi connectivity index (χ0n) is 12.3. The van der Waals surface area contributed by atoms with Gasteiger partial charge in [0.1, 0.15) is 0 Å². The predicted molar refractivity (Wildman–Crippen MR) is 81.1 cm³/mol. The van der Waals surface area contributed by atoms with Crippen molar-refractivity contribution < 1.29 is 0 Å². The molecule has 1 aromatic carbocycles. The molecule has 0 aliphatic heterocycles. The summed E-state index contributed by atoms with van der Waals surface area (Å²) in [6.45, 7) is 10.6. The maximum atomic E-state index is 5.84. The van der Waals surface area contributed by atoms with Crippen molar-refractivity contribution in [3.05, 3.63) is 29.3 Å². The Bertz CT molecular complexity index is 336. The molecule has 0 aliphatic rings. The third-order valence-corrected chi connectivity index (χ3v) is 3.79. The van der Waals surface area contributed by atoms with Crippen LogP contribution in [0.15, 0.2) is 18.2 Å². The molecule has 0 amide bonds. The van der Waals surface area contributed by atoms with Crippen molar-refractivity contribution in [1.82, 2.24) is 0 Å². The monoisotopic (exact) mass is 248 g/mol. The first kappa shape index (κ1) is 15.0. The lowest BCUT2D eigenvalue weighted by Gasteiger charge is -2.22. The fraction of sp³-hybridized carbons (Fsp3) is 0.625. The molecular weight excluding hydrogens is 220 g/mol. The molecule has 3 N–H and O–H groups in total. The van der Waals surface area contributed by atoms with Crippen LogP contribution in [0, 0.1) is 11.8 Å². The van der Waals surface area contributed by atoms with Gasteiger partial charge < -0.3 is 11.1 Å². The molecule has 0 fully saturated rings. The van der Waals surface area contributed by atoms with E-state index in [4.69, 9.17) is 5.73 Å². The van der Waals surface area contributed by atoms with E-state index in [1.165, 1.54) is 16.8 Å². The minimum absolute atomic E-state index is 0.541. The van der Waals surface area contributed by atoms with Gasteiger partial charge in [0.25, 0.3) is 0 Å². The molecule has 0 spiro atoms. The van der Waals surface area contributed by atoms with Crippen LogP contribution in [0.3, 0.4) is 0 Å². The number of hydrogen-bond donors (Lipinski definition) is 2. The number of para-hydroxylation sites is 1. The molecular formula is C16H28N2. The molecule has 0 bridgehead atoms. The highest BCUT2D eigenvalue weighted by Crippen LogP contribution is 2.23. The normalized spacial score (nSPS) is 12.8. The minimum atomic E-state index is 0.541. The third kappa shape index (κ3) is 3.74. The van der Waals surface area contributed by atoms with E-state index in [9.17, 15) is 0 Å². The number of benzene rings is 1. The van der Waals surface area contributed by atoms with Gasteiger partial charge in [-0.15, -0.1) is 0 Å². The molecule has 0 aromatic heterocycles. The smallest absolute Gasteiger partial charge is 0.0405 e. The van der Waals surface area contributed by atoms with Crippen LogP contribution in [0.2, 0.25) is 0 Å². The Balaban J connectivity index is 2.82. The van der Waals surface area contributed by atoms with Crippen molar-refractivity contribution in [2.75, 3.05) is 18.4 Å². The number of nitrogens with two attached hydrogens (primary N) is 1. The van der Waals surface area contributed by atoms with Crippen molar-refractivity contribution in [3.8, 4) is 0 Å². The summed E-state index contributed by atoms with van der Waals surface area (Å²) in [7, 11) is 0. The second-order valence-corrected chi connectivity index (χ2v) is 5.28. The first-order valence-electron chi connectivity index (χ1n) is 7.18. The highest BCUT2D eigenvalue weighted by atomic mass is 14.9. The Morgan fingerprint density at radius 1 is 1.11 bits per heavy atom. The molecule has 18 heavy (non-hydrogen) atoms. The van der Waals surface area contributed by atoms with Gasteiger partial charge in [-0.1, -0.05) is 45.9 Å². The Hall–Kier alpha value is -1.02. The van der Waals surface area contributed by atoms with Gasteiger partial charge in [0, 0.05) is 12.2 Å². The van der Waals surface area contributed by atoms with E-state index in [2.05, 4.69) is 51.2 Å². The average molecular weight is 248 g/mol. The molecule has 0 radical (unpaired) electrons. The van der Waals surface area contributed by atoms with Gasteiger partial charge in [0.15, 0.2) is 0 Å². The van der Waals surface area contributed by atoms with Crippen molar-refractivity contribution in [2.24, 2.45) is 17.6 Å². The lowest BCUT2D eigenvalue weighted by Crippen LogP contribution is -2.27. The lowest BCUT2D eigenvalue weighted by atomic mass is 9.95. The third-order valence-electron chi connectivity index (χ3n) is 3.79. The number of aryl methyl sites for hydroxylation is 2. The Morgan fingerprint density at radius 2 is 1.67 bits per heavy atom. The largest absolute Gasteiger partial charge is 0.384 e. The molecule has 0 heterocycles. The molecule has 0 aliphatic carbocycles. The van der Waals surface area contributed by atoms with E-state index in [1.54, 1.807) is 0 Å². The second kappa shape index (κ2) is 7.42. The highest BCUT2D eigenvalue weighted by molar-refractivity contribution is 5.57. The van der Waals surface area contributed by atoms with Crippen LogP contribution in [0.4, 0.5) is 5.69 Å². The summed E-state index contributed by atoms with van der Waals surface area (Å²) in [6.07, 6.45) is 2.15. The first-order chi connectivity index (χ1) is 8.63. The molecule has 0 saturated carbocycles. The number of rotatable bonds is 7. The van der Waals surface area contributed by atoms with Crippen LogP contribution in [-0.4, -0.2) is 13.1 Å². The van der Waals surface area contributed by atoms with Crippen molar-refractivity contribution >= 4 is 5.69 Å². The van der Waals surface area contributed by atoms with Crippen LogP contribution in [0.1, 0.15) is 38.8 Å². The molecule has 1 atom stereocenters. The Kier molecular flexibility index (Phi) is 6.20. The predicted octanol–water partition coefficient (Wildman–Crippen LogP) is 3.45. The molecule has 102 valence electrons. The highest BCUT2D eigenvalue weighted by Gasteiger charge is 2.13. The summed E-state index contributed by atoms with van der Waals surface area (Å²) in [4.78, 5) is 0. The van der Waals surface area contributed by atoms with E-state index in [0.717, 1.165) is 25.9 Å². The van der Waals surface area contributed by atoms with Gasteiger partial charge >= 0.3 is 0 Å². The standard InChI is InChI=1S/C16H28N2/c1-5-13-8-7-9-14(6-2)16(13)18-11-15(10-17)12(3)4/h7-9,12,15,18H,5-6,10-11,17H2,1-4H3. The zero-order chi connectivity index (χ0) is 13.5. The van der Waals surface area contributed by atoms with Gasteiger partial charge in [0.05, 0.1) is 0 Å². The molecule has 1 aromatic rings. The second-order valence-electron chi connectivity index (χ2n) is 5.28. The fourth-order valence-electron chi connectivity index (χ4n) is 2.29. The van der Waals surface area contributed by atoms with Gasteiger partial charge in [0.2, 0.25) is 0 Å². The summed E-state index contributed by atoms with van der Waals surface area (Å²) in [5, 5.41) is 3.64. The van der Waals surface area contributed by atoms with Crippen LogP contribution >= 0.6 is 0 Å². The van der Waals surface area contributed by atoms with Crippen LogP contribution in [-0.2, 0) is 12.8 Å². The van der Waals surface area contributed by atoms with Crippen molar-refractivity contribution in [3.63, 3.8) is 0 Å². The van der Waals surface area contributed by atoms with E-state index >= 15 is 0 Å². The van der Waals surface area contributed by atoms with Crippen LogP contribution < -0.4 is 11.1 Å². The van der Waals surface area contributed by atoms with Crippen molar-refractivity contribution in [1.29, 1.82) is 0 Å². The lowest BCUT2D eigenvalue weighted by molar-refractivity contribution is 0.413. The topological polar surface area (TPSA) is 38.0 Å². The number of hydrogen-bond acceptors (Lipinski definition) is 2. The maximum absolute atomic E-state index is 5.84. The summed E-state index contributed by atoms with van der Waals surface area (Å²) in [5.74, 6) is 1.17. The SMILES string of the molecule is CCc1cccc(CC)c1NCC(CN)C(C)C. The molecule has 0 saturated heterocycles. The van der Waals surface area contributed by atoms with Crippen LogP contribution in [0.5, 0.6) is 0 Å². The van der Waals surface area contributed by atoms with E-state index in [-0.39, 0.29) is 0 Å². The van der Waals surface area contributed by atoms with Gasteiger partial charge in [-0.05, 0) is 42.3 Å². The molecule has 1 rings (SSSR count). The van der Waals surface area contributed by atoms with E-state index in [1.807, 2.05) is 0 Å². The van der Waals surface area contributed by atoms with E-state index < -0.39 is 0 Å². The number of anilines is 1. The number of nitrogens with one attached hydrogen (secondary N) is 1. The quantitative estimate of drug-likeness (QED) is 0.775. The summed E-state index contributed by atoms with van der Waals surface area (Å²) in [5.41, 5.74) is 10.00. The Morgan fingerprint density at radius 3 is 2.06 bits per heavy atom. The first-order valence-corrected chi connectivity index (χ1v) is 7.18. The zero-order valence-corrected chi connectivity index (χ0v) is 12.3. The van der Waals surface area contributed by atoms with Crippen LogP contribution in [0.25, 0.3) is 0 Å². The molecule has 2 nitrogen and oxygen atoms in total. The van der Waals surface area contributed by atoms with Gasteiger partial charge in [-0.3, -0.25) is 0 Å². The summed E-state index contributed by atoms with van der Waals surface area (Å²) < 4.78 is 0. The minimum Gasteiger partial charge on any atom is -0.384 e.